The van der Waals surface area contributed by atoms with Crippen molar-refractivity contribution in [2.24, 2.45) is 0 Å². The van der Waals surface area contributed by atoms with E-state index in [-0.39, 0.29) is 0 Å². The van der Waals surface area contributed by atoms with Gasteiger partial charge >= 0.3 is 0 Å². The minimum Gasteiger partial charge on any atom is -0.277 e. The predicted molar refractivity (Wildman–Crippen MR) is 181 cm³/mol. The van der Waals surface area contributed by atoms with Gasteiger partial charge in [0.25, 0.3) is 0 Å². The highest BCUT2D eigenvalue weighted by Gasteiger charge is 2.22. The fourth-order valence-corrected chi connectivity index (χ4v) is 7.33. The molecule has 4 heterocycles. The van der Waals surface area contributed by atoms with E-state index in [4.69, 9.17) is 19.9 Å². The number of benzene rings is 5. The van der Waals surface area contributed by atoms with Gasteiger partial charge in [-0.3, -0.25) is 4.57 Å². The average Bonchev–Trinajstić information content (AvgIpc) is 3.65. The number of nitrogens with zero attached hydrogens (tertiary/aromatic N) is 5. The van der Waals surface area contributed by atoms with Crippen LogP contribution in [0.1, 0.15) is 0 Å². The lowest BCUT2D eigenvalue weighted by Crippen LogP contribution is -2.06. The summed E-state index contributed by atoms with van der Waals surface area (Å²) >= 11 is 1.73. The topological polar surface area (TPSA) is 56.5 Å². The number of rotatable bonds is 4. The van der Waals surface area contributed by atoms with E-state index < -0.39 is 0 Å². The number of para-hydroxylation sites is 1. The van der Waals surface area contributed by atoms with Crippen LogP contribution in [-0.4, -0.2) is 24.5 Å². The number of thiophene rings is 1. The van der Waals surface area contributed by atoms with E-state index in [0.717, 1.165) is 43.1 Å². The third kappa shape index (κ3) is 3.85. The van der Waals surface area contributed by atoms with Crippen molar-refractivity contribution in [1.82, 2.24) is 24.5 Å². The molecule has 0 fully saturated rings. The summed E-state index contributed by atoms with van der Waals surface area (Å²) in [6, 6.07) is 45.8. The van der Waals surface area contributed by atoms with Crippen molar-refractivity contribution in [2.45, 2.75) is 0 Å². The van der Waals surface area contributed by atoms with Crippen LogP contribution >= 0.6 is 11.3 Å². The smallest absolute Gasteiger partial charge is 0.238 e. The van der Waals surface area contributed by atoms with Crippen molar-refractivity contribution in [3.05, 3.63) is 140 Å². The van der Waals surface area contributed by atoms with Gasteiger partial charge < -0.3 is 0 Å². The molecule has 0 bridgehead atoms. The molecule has 0 radical (unpaired) electrons. The highest BCUT2D eigenvalue weighted by molar-refractivity contribution is 7.26. The summed E-state index contributed by atoms with van der Waals surface area (Å²) in [6.07, 6.45) is 2.01. The van der Waals surface area contributed by atoms with Crippen LogP contribution in [0, 0.1) is 0 Å². The first-order valence-corrected chi connectivity index (χ1v) is 15.3. The first kappa shape index (κ1) is 24.8. The third-order valence-corrected chi connectivity index (χ3v) is 9.28. The minimum absolute atomic E-state index is 0.579. The highest BCUT2D eigenvalue weighted by Crippen LogP contribution is 2.44. The van der Waals surface area contributed by atoms with Crippen molar-refractivity contribution in [3.8, 4) is 39.9 Å². The number of fused-ring (bicyclic) bond motifs is 7. The van der Waals surface area contributed by atoms with Crippen molar-refractivity contribution < 1.29 is 0 Å². The molecule has 9 rings (SSSR count). The average molecular weight is 582 g/mol. The lowest BCUT2D eigenvalue weighted by atomic mass is 10.0. The molecule has 5 aromatic carbocycles. The van der Waals surface area contributed by atoms with Crippen molar-refractivity contribution in [3.63, 3.8) is 0 Å². The van der Waals surface area contributed by atoms with Gasteiger partial charge in [-0.05, 0) is 17.2 Å². The van der Waals surface area contributed by atoms with Gasteiger partial charge in [-0.15, -0.1) is 11.3 Å². The molecule has 0 atom stereocenters. The zero-order valence-corrected chi connectivity index (χ0v) is 24.2. The molecule has 5 nitrogen and oxygen atoms in total. The Labute approximate surface area is 256 Å². The molecule has 9 aromatic rings. The maximum Gasteiger partial charge on any atom is 0.238 e. The van der Waals surface area contributed by atoms with Gasteiger partial charge in [0.05, 0.1) is 11.0 Å². The van der Waals surface area contributed by atoms with Gasteiger partial charge in [0.2, 0.25) is 5.95 Å². The molecule has 0 unspecified atom stereocenters. The minimum atomic E-state index is 0.579. The number of aromatic nitrogens is 5. The molecular weight excluding hydrogens is 559 g/mol. The highest BCUT2D eigenvalue weighted by atomic mass is 32.1. The van der Waals surface area contributed by atoms with Gasteiger partial charge in [-0.25, -0.2) is 9.97 Å². The number of hydrogen-bond donors (Lipinski definition) is 0. The van der Waals surface area contributed by atoms with E-state index in [9.17, 15) is 0 Å². The second-order valence-electron chi connectivity index (χ2n) is 10.7. The molecule has 0 aliphatic heterocycles. The lowest BCUT2D eigenvalue weighted by molar-refractivity contribution is 0.955. The van der Waals surface area contributed by atoms with E-state index in [2.05, 4.69) is 77.4 Å². The normalized spacial score (nSPS) is 11.6. The van der Waals surface area contributed by atoms with Gasteiger partial charge in [0.1, 0.15) is 4.83 Å². The fourth-order valence-electron chi connectivity index (χ4n) is 6.14. The Bertz CT molecular complexity index is 2430. The van der Waals surface area contributed by atoms with E-state index in [1.165, 1.54) is 21.2 Å². The van der Waals surface area contributed by atoms with Gasteiger partial charge in [0.15, 0.2) is 11.6 Å². The molecule has 6 heteroatoms. The van der Waals surface area contributed by atoms with Gasteiger partial charge in [0, 0.05) is 43.6 Å². The Morgan fingerprint density at radius 3 is 1.77 bits per heavy atom. The molecule has 206 valence electrons. The molecule has 0 N–H and O–H groups in total. The van der Waals surface area contributed by atoms with Crippen LogP contribution in [0.4, 0.5) is 0 Å². The zero-order valence-electron chi connectivity index (χ0n) is 23.4. The van der Waals surface area contributed by atoms with Crippen LogP contribution in [0.3, 0.4) is 0 Å². The molecule has 0 saturated carbocycles. The Kier molecular flexibility index (Phi) is 5.61. The first-order chi connectivity index (χ1) is 21.8. The van der Waals surface area contributed by atoms with Crippen LogP contribution in [-0.2, 0) is 0 Å². The molecular formula is C38H23N5S. The maximum atomic E-state index is 5.13. The fraction of sp³-hybridized carbons (Fsp3) is 0. The largest absolute Gasteiger partial charge is 0.277 e. The van der Waals surface area contributed by atoms with Gasteiger partial charge in [-0.1, -0.05) is 127 Å². The Morgan fingerprint density at radius 2 is 1.09 bits per heavy atom. The van der Waals surface area contributed by atoms with Gasteiger partial charge in [-0.2, -0.15) is 9.97 Å². The van der Waals surface area contributed by atoms with Crippen molar-refractivity contribution >= 4 is 53.4 Å². The quantitative estimate of drug-likeness (QED) is 0.208. The van der Waals surface area contributed by atoms with E-state index in [1.54, 1.807) is 11.3 Å². The van der Waals surface area contributed by atoms with Crippen molar-refractivity contribution in [1.29, 1.82) is 0 Å². The molecule has 44 heavy (non-hydrogen) atoms. The molecule has 0 spiro atoms. The maximum absolute atomic E-state index is 5.13. The lowest BCUT2D eigenvalue weighted by Gasteiger charge is -2.11. The van der Waals surface area contributed by atoms with Crippen molar-refractivity contribution in [2.75, 3.05) is 0 Å². The molecule has 4 aromatic heterocycles. The van der Waals surface area contributed by atoms with Crippen LogP contribution in [0.5, 0.6) is 0 Å². The summed E-state index contributed by atoms with van der Waals surface area (Å²) < 4.78 is 3.42. The molecule has 0 saturated heterocycles. The summed E-state index contributed by atoms with van der Waals surface area (Å²) in [4.78, 5) is 21.2. The van der Waals surface area contributed by atoms with Crippen LogP contribution < -0.4 is 0 Å². The number of pyridine rings is 1. The summed E-state index contributed by atoms with van der Waals surface area (Å²) in [5.74, 6) is 1.84. The van der Waals surface area contributed by atoms with E-state index in [1.807, 2.05) is 66.9 Å². The monoisotopic (exact) mass is 581 g/mol. The summed E-state index contributed by atoms with van der Waals surface area (Å²) in [6.45, 7) is 0. The number of hydrogen-bond acceptors (Lipinski definition) is 5. The Hall–Kier alpha value is -5.72. The molecule has 0 aliphatic rings. The summed E-state index contributed by atoms with van der Waals surface area (Å²) in [7, 11) is 0. The van der Waals surface area contributed by atoms with E-state index in [0.29, 0.717) is 17.6 Å². The van der Waals surface area contributed by atoms with Crippen LogP contribution in [0.15, 0.2) is 140 Å². The second-order valence-corrected chi connectivity index (χ2v) is 11.7. The summed E-state index contributed by atoms with van der Waals surface area (Å²) in [5, 5.41) is 4.47. The predicted octanol–water partition coefficient (Wildman–Crippen LogP) is 9.73. The second kappa shape index (κ2) is 9.93. The standard InChI is InChI=1S/C38H23N5S/c1-4-13-24(14-5-1)27-20-12-21-29-32-33-30(23-39-37(32)44-34(27)29)28-19-10-11-22-31(28)43(33)38-41-35(25-15-6-2-7-16-25)40-36(42-38)26-17-8-3-9-18-26/h1-23H. The van der Waals surface area contributed by atoms with E-state index >= 15 is 0 Å². The zero-order chi connectivity index (χ0) is 29.0. The molecule has 0 amide bonds. The third-order valence-electron chi connectivity index (χ3n) is 8.13. The molecule has 0 aliphatic carbocycles. The Balaban J connectivity index is 1.42. The Morgan fingerprint density at radius 1 is 0.500 bits per heavy atom. The summed E-state index contributed by atoms with van der Waals surface area (Å²) in [5.41, 5.74) is 6.36. The SMILES string of the molecule is c1ccc(-c2nc(-c3ccccc3)nc(-n3c4ccccc4c4cnc5sc6c(-c7ccccc7)cccc6c5c43)n2)cc1. The van der Waals surface area contributed by atoms with Crippen LogP contribution in [0.25, 0.3) is 82.0 Å². The van der Waals surface area contributed by atoms with Crippen LogP contribution in [0.2, 0.25) is 0 Å². The first-order valence-electron chi connectivity index (χ1n) is 14.5.